The van der Waals surface area contributed by atoms with Crippen LogP contribution in [0.5, 0.6) is 0 Å². The van der Waals surface area contributed by atoms with Crippen molar-refractivity contribution in [3.8, 4) is 0 Å². The molecule has 1 aliphatic heterocycles. The molecular weight excluding hydrogens is 349 g/mol. The normalized spacial score (nSPS) is 16.2. The first-order valence-corrected chi connectivity index (χ1v) is 7.76. The molecule has 1 amide bonds. The highest BCUT2D eigenvalue weighted by Gasteiger charge is 2.32. The number of pyridine rings is 1. The topological polar surface area (TPSA) is 33.2 Å². The van der Waals surface area contributed by atoms with Crippen LogP contribution in [0.25, 0.3) is 0 Å². The first kappa shape index (κ1) is 17.9. The Bertz CT molecular complexity index is 454. The lowest BCUT2D eigenvalue weighted by atomic mass is 10.1. The number of aromatic nitrogens is 1. The molecule has 0 saturated carbocycles. The number of halogens is 4. The molecule has 0 bridgehead atoms. The number of carbonyl (C=O) groups excluding carboxylic acids is 1. The zero-order valence-corrected chi connectivity index (χ0v) is 13.5. The minimum absolute atomic E-state index is 0.195. The fourth-order valence-corrected chi connectivity index (χ4v) is 2.33. The van der Waals surface area contributed by atoms with Gasteiger partial charge in [0.2, 0.25) is 0 Å². The summed E-state index contributed by atoms with van der Waals surface area (Å²) in [7, 11) is 0. The Morgan fingerprint density at radius 2 is 1.86 bits per heavy atom. The first-order valence-electron chi connectivity index (χ1n) is 6.84. The van der Waals surface area contributed by atoms with Gasteiger partial charge >= 0.3 is 6.18 Å². The van der Waals surface area contributed by atoms with E-state index in [1.807, 2.05) is 13.8 Å². The molecule has 21 heavy (non-hydrogen) atoms. The van der Waals surface area contributed by atoms with Gasteiger partial charge in [-0.25, -0.2) is 0 Å². The maximum absolute atomic E-state index is 12.4. The van der Waals surface area contributed by atoms with E-state index in [1.54, 1.807) is 4.90 Å². The van der Waals surface area contributed by atoms with Gasteiger partial charge in [0.25, 0.3) is 5.91 Å². The van der Waals surface area contributed by atoms with Crippen LogP contribution in [0.4, 0.5) is 13.2 Å². The van der Waals surface area contributed by atoms with Crippen LogP contribution in [0.15, 0.2) is 18.3 Å². The van der Waals surface area contributed by atoms with Gasteiger partial charge in [0.05, 0.1) is 5.56 Å². The third kappa shape index (κ3) is 4.98. The molecule has 2 rings (SSSR count). The van der Waals surface area contributed by atoms with Gasteiger partial charge in [0.1, 0.15) is 5.69 Å². The molecule has 3 nitrogen and oxygen atoms in total. The van der Waals surface area contributed by atoms with Crippen LogP contribution in [0.1, 0.15) is 42.7 Å². The number of rotatable bonds is 1. The number of alkyl halides is 4. The van der Waals surface area contributed by atoms with Crippen molar-refractivity contribution in [1.29, 1.82) is 0 Å². The Morgan fingerprint density at radius 3 is 2.29 bits per heavy atom. The van der Waals surface area contributed by atoms with Crippen LogP contribution in [0.2, 0.25) is 0 Å². The Hall–Kier alpha value is -1.11. The second-order valence-electron chi connectivity index (χ2n) is 4.40. The molecule has 0 unspecified atom stereocenters. The second-order valence-corrected chi connectivity index (χ2v) is 5.69. The number of carbonyl (C=O) groups is 1. The van der Waals surface area contributed by atoms with Crippen LogP contribution in [-0.4, -0.2) is 33.7 Å². The van der Waals surface area contributed by atoms with E-state index < -0.39 is 11.9 Å². The summed E-state index contributed by atoms with van der Waals surface area (Å²) in [6, 6.07) is 2.02. The largest absolute Gasteiger partial charge is 0.433 e. The minimum atomic E-state index is -4.48. The van der Waals surface area contributed by atoms with Gasteiger partial charge in [-0.05, 0) is 25.0 Å². The molecular formula is C14H18BrF3N2O. The van der Waals surface area contributed by atoms with E-state index >= 15 is 0 Å². The molecule has 0 radical (unpaired) electrons. The summed E-state index contributed by atoms with van der Waals surface area (Å²) in [4.78, 5) is 17.4. The van der Waals surface area contributed by atoms with E-state index in [0.29, 0.717) is 17.9 Å². The second kappa shape index (κ2) is 7.77. The number of nitrogens with zero attached hydrogens (tertiary/aromatic N) is 2. The van der Waals surface area contributed by atoms with Gasteiger partial charge in [0, 0.05) is 24.1 Å². The lowest BCUT2D eigenvalue weighted by Crippen LogP contribution is -2.38. The highest BCUT2D eigenvalue weighted by molar-refractivity contribution is 9.09. The van der Waals surface area contributed by atoms with E-state index in [0.717, 1.165) is 25.1 Å². The number of hydrogen-bond donors (Lipinski definition) is 0. The van der Waals surface area contributed by atoms with E-state index in [4.69, 9.17) is 0 Å². The molecule has 0 N–H and O–H groups in total. The van der Waals surface area contributed by atoms with E-state index in [-0.39, 0.29) is 11.5 Å². The summed E-state index contributed by atoms with van der Waals surface area (Å²) in [6.07, 6.45) is -1.79. The molecule has 1 aromatic heterocycles. The number of likely N-dealkylation sites (tertiary alicyclic amines) is 1. The fraction of sp³-hybridized carbons (Fsp3) is 0.571. The zero-order valence-electron chi connectivity index (χ0n) is 12.0. The predicted octanol–water partition coefficient (Wildman–Crippen LogP) is 4.13. The van der Waals surface area contributed by atoms with E-state index in [1.165, 1.54) is 6.07 Å². The molecule has 1 aliphatic rings. The molecule has 1 saturated heterocycles. The Kier molecular flexibility index (Phi) is 6.64. The van der Waals surface area contributed by atoms with Gasteiger partial charge in [0.15, 0.2) is 0 Å². The smallest absolute Gasteiger partial charge is 0.339 e. The highest BCUT2D eigenvalue weighted by atomic mass is 79.9. The van der Waals surface area contributed by atoms with Gasteiger partial charge in [-0.2, -0.15) is 13.2 Å². The summed E-state index contributed by atoms with van der Waals surface area (Å²) in [5, 5.41) is 0. The monoisotopic (exact) mass is 366 g/mol. The molecule has 2 heterocycles. The summed E-state index contributed by atoms with van der Waals surface area (Å²) in [6.45, 7) is 5.21. The molecule has 1 fully saturated rings. The average Bonchev–Trinajstić information content (AvgIpc) is 2.49. The molecule has 0 atom stereocenters. The molecule has 0 spiro atoms. The van der Waals surface area contributed by atoms with Crippen LogP contribution in [0.3, 0.4) is 0 Å². The summed E-state index contributed by atoms with van der Waals surface area (Å²) in [5.41, 5.74) is -0.788. The van der Waals surface area contributed by atoms with Gasteiger partial charge < -0.3 is 4.90 Å². The lowest BCUT2D eigenvalue weighted by Gasteiger charge is -2.29. The average molecular weight is 367 g/mol. The van der Waals surface area contributed by atoms with Crippen molar-refractivity contribution in [3.63, 3.8) is 0 Å². The van der Waals surface area contributed by atoms with Crippen molar-refractivity contribution in [2.24, 2.45) is 0 Å². The number of hydrogen-bond acceptors (Lipinski definition) is 2. The van der Waals surface area contributed by atoms with Crippen molar-refractivity contribution < 1.29 is 18.0 Å². The number of piperidine rings is 1. The quantitative estimate of drug-likeness (QED) is 0.700. The van der Waals surface area contributed by atoms with Crippen LogP contribution in [-0.2, 0) is 6.18 Å². The van der Waals surface area contributed by atoms with Gasteiger partial charge in [-0.15, -0.1) is 0 Å². The predicted molar refractivity (Wildman–Crippen MR) is 78.4 cm³/mol. The summed E-state index contributed by atoms with van der Waals surface area (Å²) in [5.74, 6) is -0.263. The SMILES string of the molecule is CC.O=C(c1ccc(C(F)(F)F)nc1)N1CCC(Br)CC1. The maximum Gasteiger partial charge on any atom is 0.433 e. The maximum atomic E-state index is 12.4. The summed E-state index contributed by atoms with van der Waals surface area (Å²) < 4.78 is 37.1. The van der Waals surface area contributed by atoms with Crippen LogP contribution < -0.4 is 0 Å². The first-order chi connectivity index (χ1) is 9.88. The van der Waals surface area contributed by atoms with Crippen LogP contribution in [0, 0.1) is 0 Å². The minimum Gasteiger partial charge on any atom is -0.339 e. The molecule has 0 aliphatic carbocycles. The van der Waals surface area contributed by atoms with Crippen molar-refractivity contribution in [2.45, 2.75) is 37.7 Å². The Balaban J connectivity index is 0.00000106. The van der Waals surface area contributed by atoms with E-state index in [9.17, 15) is 18.0 Å². The van der Waals surface area contributed by atoms with E-state index in [2.05, 4.69) is 20.9 Å². The standard InChI is InChI=1S/C12H12BrF3N2O.C2H6/c13-9-3-5-18(6-4-9)11(19)8-1-2-10(17-7-8)12(14,15)16;1-2/h1-2,7,9H,3-6H2;1-2H3. The Labute approximate surface area is 130 Å². The molecule has 1 aromatic rings. The molecule has 7 heteroatoms. The van der Waals surface area contributed by atoms with Gasteiger partial charge in [-0.3, -0.25) is 9.78 Å². The highest BCUT2D eigenvalue weighted by Crippen LogP contribution is 2.27. The van der Waals surface area contributed by atoms with Crippen molar-refractivity contribution in [2.75, 3.05) is 13.1 Å². The van der Waals surface area contributed by atoms with Crippen LogP contribution >= 0.6 is 15.9 Å². The Morgan fingerprint density at radius 1 is 1.29 bits per heavy atom. The van der Waals surface area contributed by atoms with Crippen molar-refractivity contribution >= 4 is 21.8 Å². The van der Waals surface area contributed by atoms with Gasteiger partial charge in [-0.1, -0.05) is 29.8 Å². The van der Waals surface area contributed by atoms with Crippen molar-refractivity contribution in [3.05, 3.63) is 29.6 Å². The summed E-state index contributed by atoms with van der Waals surface area (Å²) >= 11 is 3.48. The number of amides is 1. The zero-order chi connectivity index (χ0) is 16.0. The third-order valence-corrected chi connectivity index (χ3v) is 3.93. The fourth-order valence-electron chi connectivity index (χ4n) is 1.92. The molecule has 118 valence electrons. The third-order valence-electron chi connectivity index (χ3n) is 3.01. The molecule has 0 aromatic carbocycles. The lowest BCUT2D eigenvalue weighted by molar-refractivity contribution is -0.141. The van der Waals surface area contributed by atoms with Crippen molar-refractivity contribution in [1.82, 2.24) is 9.88 Å².